The molecule has 3 aromatic rings. The van der Waals surface area contributed by atoms with Crippen molar-refractivity contribution in [2.75, 3.05) is 0 Å². The van der Waals surface area contributed by atoms with E-state index < -0.39 is 0 Å². The van der Waals surface area contributed by atoms with E-state index in [9.17, 15) is 0 Å². The molecule has 0 aliphatic rings. The van der Waals surface area contributed by atoms with Crippen molar-refractivity contribution in [3.63, 3.8) is 0 Å². The predicted octanol–water partition coefficient (Wildman–Crippen LogP) is 3.67. The van der Waals surface area contributed by atoms with Crippen LogP contribution in [0.15, 0.2) is 42.7 Å². The average molecular weight is 226 g/mol. The highest BCUT2D eigenvalue weighted by molar-refractivity contribution is 7.21. The Kier molecular flexibility index (Phi) is 2.18. The van der Waals surface area contributed by atoms with E-state index in [-0.39, 0.29) is 0 Å². The number of thiazole rings is 1. The van der Waals surface area contributed by atoms with Crippen molar-refractivity contribution in [3.8, 4) is 10.6 Å². The molecule has 0 radical (unpaired) electrons. The van der Waals surface area contributed by atoms with Crippen LogP contribution in [-0.4, -0.2) is 9.97 Å². The number of pyridine rings is 1. The topological polar surface area (TPSA) is 25.8 Å². The third-order valence-corrected chi connectivity index (χ3v) is 3.63. The maximum absolute atomic E-state index is 4.62. The zero-order valence-electron chi connectivity index (χ0n) is 8.84. The van der Waals surface area contributed by atoms with Crippen molar-refractivity contribution in [1.82, 2.24) is 9.97 Å². The van der Waals surface area contributed by atoms with Crippen LogP contribution in [0, 0.1) is 6.92 Å². The first kappa shape index (κ1) is 9.48. The highest BCUT2D eigenvalue weighted by Gasteiger charge is 2.07. The average Bonchev–Trinajstić information content (AvgIpc) is 2.73. The normalized spacial score (nSPS) is 10.8. The largest absolute Gasteiger partial charge is 0.264 e. The van der Waals surface area contributed by atoms with Crippen molar-refractivity contribution in [2.24, 2.45) is 0 Å². The van der Waals surface area contributed by atoms with Crippen LogP contribution in [-0.2, 0) is 0 Å². The van der Waals surface area contributed by atoms with Gasteiger partial charge in [-0.15, -0.1) is 11.3 Å². The number of rotatable bonds is 1. The third-order valence-electron chi connectivity index (χ3n) is 2.56. The van der Waals surface area contributed by atoms with Gasteiger partial charge in [0.05, 0.1) is 10.2 Å². The van der Waals surface area contributed by atoms with Gasteiger partial charge in [-0.05, 0) is 30.7 Å². The highest BCUT2D eigenvalue weighted by atomic mass is 32.1. The lowest BCUT2D eigenvalue weighted by Gasteiger charge is -1.98. The molecule has 0 amide bonds. The van der Waals surface area contributed by atoms with Gasteiger partial charge in [0.2, 0.25) is 0 Å². The van der Waals surface area contributed by atoms with Crippen molar-refractivity contribution < 1.29 is 0 Å². The molecule has 0 saturated carbocycles. The SMILES string of the molecule is Cc1ccncc1-c1nc2ccccc2s1. The van der Waals surface area contributed by atoms with E-state index in [4.69, 9.17) is 0 Å². The molecule has 3 heteroatoms. The molecule has 0 fully saturated rings. The first-order valence-corrected chi connectivity index (χ1v) is 5.93. The lowest BCUT2D eigenvalue weighted by atomic mass is 10.2. The molecule has 2 aromatic heterocycles. The van der Waals surface area contributed by atoms with E-state index in [0.717, 1.165) is 16.1 Å². The van der Waals surface area contributed by atoms with E-state index in [0.29, 0.717) is 0 Å². The van der Waals surface area contributed by atoms with Gasteiger partial charge >= 0.3 is 0 Å². The van der Waals surface area contributed by atoms with Gasteiger partial charge in [-0.25, -0.2) is 4.98 Å². The Morgan fingerprint density at radius 2 is 2.00 bits per heavy atom. The zero-order chi connectivity index (χ0) is 11.0. The van der Waals surface area contributed by atoms with Gasteiger partial charge < -0.3 is 0 Å². The second-order valence-corrected chi connectivity index (χ2v) is 4.71. The molecular weight excluding hydrogens is 216 g/mol. The van der Waals surface area contributed by atoms with E-state index in [1.54, 1.807) is 11.3 Å². The quantitative estimate of drug-likeness (QED) is 0.632. The summed E-state index contributed by atoms with van der Waals surface area (Å²) < 4.78 is 1.22. The summed E-state index contributed by atoms with van der Waals surface area (Å²) in [4.78, 5) is 8.78. The minimum Gasteiger partial charge on any atom is -0.264 e. The first-order chi connectivity index (χ1) is 7.84. The molecule has 1 aromatic carbocycles. The van der Waals surface area contributed by atoms with Gasteiger partial charge in [-0.3, -0.25) is 4.98 Å². The maximum atomic E-state index is 4.62. The molecule has 0 bridgehead atoms. The monoisotopic (exact) mass is 226 g/mol. The maximum Gasteiger partial charge on any atom is 0.126 e. The fourth-order valence-electron chi connectivity index (χ4n) is 1.68. The van der Waals surface area contributed by atoms with Gasteiger partial charge in [-0.1, -0.05) is 12.1 Å². The minimum absolute atomic E-state index is 1.05. The van der Waals surface area contributed by atoms with Crippen molar-refractivity contribution in [1.29, 1.82) is 0 Å². The standard InChI is InChI=1S/C13H10N2S/c1-9-6-7-14-8-10(9)13-15-11-4-2-3-5-12(11)16-13/h2-8H,1H3. The molecular formula is C13H10N2S. The summed E-state index contributed by atoms with van der Waals surface area (Å²) in [6, 6.07) is 10.2. The first-order valence-electron chi connectivity index (χ1n) is 5.11. The Morgan fingerprint density at radius 3 is 2.81 bits per heavy atom. The fourth-order valence-corrected chi connectivity index (χ4v) is 2.72. The molecule has 0 aliphatic carbocycles. The number of hydrogen-bond donors (Lipinski definition) is 0. The van der Waals surface area contributed by atoms with Crippen molar-refractivity contribution >= 4 is 21.6 Å². The predicted molar refractivity (Wildman–Crippen MR) is 67.6 cm³/mol. The molecule has 0 atom stereocenters. The van der Waals surface area contributed by atoms with Crippen molar-refractivity contribution in [3.05, 3.63) is 48.3 Å². The second kappa shape index (κ2) is 3.68. The second-order valence-electron chi connectivity index (χ2n) is 3.68. The molecule has 0 unspecified atom stereocenters. The number of hydrogen-bond acceptors (Lipinski definition) is 3. The molecule has 2 heterocycles. The minimum atomic E-state index is 1.05. The van der Waals surface area contributed by atoms with Gasteiger partial charge in [-0.2, -0.15) is 0 Å². The van der Waals surface area contributed by atoms with Crippen molar-refractivity contribution in [2.45, 2.75) is 6.92 Å². The molecule has 2 nitrogen and oxygen atoms in total. The Labute approximate surface area is 97.6 Å². The summed E-state index contributed by atoms with van der Waals surface area (Å²) >= 11 is 1.71. The van der Waals surface area contributed by atoms with E-state index in [1.165, 1.54) is 10.3 Å². The third kappa shape index (κ3) is 1.49. The Hall–Kier alpha value is -1.74. The Bertz CT molecular complexity index is 610. The zero-order valence-corrected chi connectivity index (χ0v) is 9.66. The lowest BCUT2D eigenvalue weighted by Crippen LogP contribution is -1.82. The molecule has 0 saturated heterocycles. The Balaban J connectivity index is 2.23. The van der Waals surface area contributed by atoms with Crippen LogP contribution < -0.4 is 0 Å². The molecule has 0 N–H and O–H groups in total. The number of nitrogens with zero attached hydrogens (tertiary/aromatic N) is 2. The van der Waals surface area contributed by atoms with E-state index >= 15 is 0 Å². The summed E-state index contributed by atoms with van der Waals surface area (Å²) in [6.45, 7) is 2.09. The summed E-state index contributed by atoms with van der Waals surface area (Å²) in [5.74, 6) is 0. The molecule has 0 spiro atoms. The van der Waals surface area contributed by atoms with Gasteiger partial charge in [0.1, 0.15) is 5.01 Å². The number of aromatic nitrogens is 2. The van der Waals surface area contributed by atoms with Crippen LogP contribution in [0.25, 0.3) is 20.8 Å². The van der Waals surface area contributed by atoms with Crippen LogP contribution in [0.3, 0.4) is 0 Å². The summed E-state index contributed by atoms with van der Waals surface area (Å²) in [5, 5.41) is 1.05. The number of fused-ring (bicyclic) bond motifs is 1. The van der Waals surface area contributed by atoms with Crippen LogP contribution in [0.4, 0.5) is 0 Å². The van der Waals surface area contributed by atoms with Gasteiger partial charge in [0.15, 0.2) is 0 Å². The van der Waals surface area contributed by atoms with E-state index in [2.05, 4.69) is 23.0 Å². The Morgan fingerprint density at radius 1 is 1.12 bits per heavy atom. The van der Waals surface area contributed by atoms with Crippen LogP contribution in [0.2, 0.25) is 0 Å². The summed E-state index contributed by atoms with van der Waals surface area (Å²) in [7, 11) is 0. The van der Waals surface area contributed by atoms with Crippen LogP contribution in [0.5, 0.6) is 0 Å². The smallest absolute Gasteiger partial charge is 0.126 e. The lowest BCUT2D eigenvalue weighted by molar-refractivity contribution is 1.28. The number of aryl methyl sites for hydroxylation is 1. The van der Waals surface area contributed by atoms with Gasteiger partial charge in [0, 0.05) is 18.0 Å². The van der Waals surface area contributed by atoms with E-state index in [1.807, 2.05) is 36.7 Å². The van der Waals surface area contributed by atoms with Crippen LogP contribution in [0.1, 0.15) is 5.56 Å². The number of para-hydroxylation sites is 1. The molecule has 0 aliphatic heterocycles. The highest BCUT2D eigenvalue weighted by Crippen LogP contribution is 2.30. The number of benzene rings is 1. The summed E-state index contributed by atoms with van der Waals surface area (Å²) in [6.07, 6.45) is 3.69. The summed E-state index contributed by atoms with van der Waals surface area (Å²) in [5.41, 5.74) is 3.41. The molecule has 16 heavy (non-hydrogen) atoms. The van der Waals surface area contributed by atoms with Crippen LogP contribution >= 0.6 is 11.3 Å². The fraction of sp³-hybridized carbons (Fsp3) is 0.0769. The van der Waals surface area contributed by atoms with Gasteiger partial charge in [0.25, 0.3) is 0 Å². The molecule has 78 valence electrons. The molecule has 3 rings (SSSR count).